The summed E-state index contributed by atoms with van der Waals surface area (Å²) in [6, 6.07) is -4.33. The van der Waals surface area contributed by atoms with Crippen LogP contribution in [0.4, 0.5) is 0 Å². The van der Waals surface area contributed by atoms with Crippen molar-refractivity contribution < 1.29 is 34.2 Å². The van der Waals surface area contributed by atoms with Crippen molar-refractivity contribution in [2.75, 3.05) is 18.6 Å². The number of thioether (sulfide) groups is 1. The molecule has 0 saturated heterocycles. The van der Waals surface area contributed by atoms with Crippen LogP contribution in [0.2, 0.25) is 0 Å². The van der Waals surface area contributed by atoms with E-state index >= 15 is 0 Å². The molecule has 13 heteroatoms. The Kier molecular flexibility index (Phi) is 16.7. The number of nitrogens with one attached hydrogen (secondary N) is 3. The van der Waals surface area contributed by atoms with Gasteiger partial charge in [-0.05, 0) is 56.6 Å². The number of hydrogen-bond donors (Lipinski definition) is 7. The Bertz CT molecular complexity index is 710. The molecule has 3 amide bonds. The van der Waals surface area contributed by atoms with Gasteiger partial charge < -0.3 is 37.6 Å². The summed E-state index contributed by atoms with van der Waals surface area (Å²) in [4.78, 5) is 61.1. The molecule has 9 N–H and O–H groups in total. The lowest BCUT2D eigenvalue weighted by Gasteiger charge is -2.28. The first kappa shape index (κ1) is 32.6. The Morgan fingerprint density at radius 1 is 0.886 bits per heavy atom. The molecule has 0 aromatic carbocycles. The number of carboxylic acids is 2. The van der Waals surface area contributed by atoms with E-state index < -0.39 is 53.8 Å². The molecule has 0 bridgehead atoms. The van der Waals surface area contributed by atoms with Gasteiger partial charge in [0.25, 0.3) is 0 Å². The first-order chi connectivity index (χ1) is 16.5. The topological polar surface area (TPSA) is 214 Å². The number of amides is 3. The van der Waals surface area contributed by atoms with Crippen LogP contribution in [0.1, 0.15) is 58.8 Å². The largest absolute Gasteiger partial charge is 0.481 e. The maximum atomic E-state index is 13.0. The molecule has 0 aliphatic carbocycles. The third-order valence-electron chi connectivity index (χ3n) is 5.60. The molecule has 0 aromatic rings. The highest BCUT2D eigenvalue weighted by Gasteiger charge is 2.32. The molecule has 0 aliphatic heterocycles. The lowest BCUT2D eigenvalue weighted by Crippen LogP contribution is -2.58. The van der Waals surface area contributed by atoms with Crippen molar-refractivity contribution in [2.45, 2.75) is 83.0 Å². The summed E-state index contributed by atoms with van der Waals surface area (Å²) < 4.78 is 0. The van der Waals surface area contributed by atoms with Crippen molar-refractivity contribution in [1.82, 2.24) is 16.0 Å². The highest BCUT2D eigenvalue weighted by atomic mass is 32.2. The summed E-state index contributed by atoms with van der Waals surface area (Å²) in [6.07, 6.45) is 3.44. The normalized spacial score (nSPS) is 15.2. The second-order valence-corrected chi connectivity index (χ2v) is 9.42. The van der Waals surface area contributed by atoms with Crippen molar-refractivity contribution >= 4 is 41.4 Å². The van der Waals surface area contributed by atoms with Gasteiger partial charge in [0.2, 0.25) is 17.7 Å². The van der Waals surface area contributed by atoms with Crippen LogP contribution in [0.5, 0.6) is 0 Å². The molecular formula is C22H41N5O7S. The summed E-state index contributed by atoms with van der Waals surface area (Å²) in [5.74, 6) is -4.10. The van der Waals surface area contributed by atoms with E-state index in [4.69, 9.17) is 16.6 Å². The van der Waals surface area contributed by atoms with Crippen LogP contribution in [0, 0.1) is 5.92 Å². The number of carboxylic acid groups (broad SMARTS) is 2. The van der Waals surface area contributed by atoms with E-state index in [0.29, 0.717) is 38.0 Å². The molecule has 0 rings (SSSR count). The summed E-state index contributed by atoms with van der Waals surface area (Å²) in [7, 11) is 0. The van der Waals surface area contributed by atoms with E-state index in [1.54, 1.807) is 6.92 Å². The molecule has 12 nitrogen and oxygen atoms in total. The molecule has 0 aromatic heterocycles. The third kappa shape index (κ3) is 13.3. The van der Waals surface area contributed by atoms with E-state index in [-0.39, 0.29) is 25.2 Å². The zero-order valence-electron chi connectivity index (χ0n) is 20.7. The van der Waals surface area contributed by atoms with Gasteiger partial charge in [0.1, 0.15) is 18.1 Å². The molecule has 0 aliphatic rings. The van der Waals surface area contributed by atoms with Crippen LogP contribution >= 0.6 is 11.8 Å². The van der Waals surface area contributed by atoms with E-state index in [1.807, 2.05) is 13.2 Å². The van der Waals surface area contributed by atoms with E-state index in [9.17, 15) is 29.1 Å². The minimum atomic E-state index is -1.22. The van der Waals surface area contributed by atoms with Gasteiger partial charge in [0, 0.05) is 6.42 Å². The number of aliphatic carboxylic acids is 2. The van der Waals surface area contributed by atoms with Crippen molar-refractivity contribution in [2.24, 2.45) is 17.4 Å². The molecule has 202 valence electrons. The molecular weight excluding hydrogens is 478 g/mol. The van der Waals surface area contributed by atoms with Gasteiger partial charge in [-0.2, -0.15) is 11.8 Å². The Morgan fingerprint density at radius 3 is 2.03 bits per heavy atom. The van der Waals surface area contributed by atoms with Crippen LogP contribution < -0.4 is 27.4 Å². The average Bonchev–Trinajstić information content (AvgIpc) is 2.81. The summed E-state index contributed by atoms with van der Waals surface area (Å²) in [5.41, 5.74) is 11.3. The predicted molar refractivity (Wildman–Crippen MR) is 134 cm³/mol. The van der Waals surface area contributed by atoms with Crippen LogP contribution in [0.25, 0.3) is 0 Å². The molecule has 5 unspecified atom stereocenters. The molecule has 0 radical (unpaired) electrons. The van der Waals surface area contributed by atoms with Gasteiger partial charge in [-0.3, -0.25) is 19.2 Å². The number of hydrogen-bond acceptors (Lipinski definition) is 8. The van der Waals surface area contributed by atoms with Gasteiger partial charge in [0.15, 0.2) is 0 Å². The highest BCUT2D eigenvalue weighted by molar-refractivity contribution is 7.98. The molecule has 0 fully saturated rings. The maximum Gasteiger partial charge on any atom is 0.326 e. The van der Waals surface area contributed by atoms with E-state index in [2.05, 4.69) is 16.0 Å². The van der Waals surface area contributed by atoms with Crippen LogP contribution in [-0.4, -0.2) is 82.6 Å². The van der Waals surface area contributed by atoms with Crippen molar-refractivity contribution in [1.29, 1.82) is 0 Å². The lowest BCUT2D eigenvalue weighted by atomic mass is 9.96. The predicted octanol–water partition coefficient (Wildman–Crippen LogP) is -0.354. The Balaban J connectivity index is 5.52. The van der Waals surface area contributed by atoms with Gasteiger partial charge in [-0.15, -0.1) is 0 Å². The summed E-state index contributed by atoms with van der Waals surface area (Å²) in [5, 5.41) is 26.0. The minimum Gasteiger partial charge on any atom is -0.481 e. The van der Waals surface area contributed by atoms with E-state index in [1.165, 1.54) is 11.8 Å². The monoisotopic (exact) mass is 519 g/mol. The van der Waals surface area contributed by atoms with Crippen LogP contribution in [0.15, 0.2) is 0 Å². The minimum absolute atomic E-state index is 0.185. The average molecular weight is 520 g/mol. The van der Waals surface area contributed by atoms with Gasteiger partial charge in [-0.1, -0.05) is 20.3 Å². The van der Waals surface area contributed by atoms with Crippen molar-refractivity contribution in [3.63, 3.8) is 0 Å². The lowest BCUT2D eigenvalue weighted by molar-refractivity contribution is -0.143. The summed E-state index contributed by atoms with van der Waals surface area (Å²) in [6.45, 7) is 3.93. The second-order valence-electron chi connectivity index (χ2n) is 8.44. The third-order valence-corrected chi connectivity index (χ3v) is 6.25. The zero-order valence-corrected chi connectivity index (χ0v) is 21.6. The number of carbonyl (C=O) groups is 5. The molecule has 0 heterocycles. The SMILES string of the molecule is CCC(C)C(NC(=O)C(CCC(=O)O)NC(=O)C(N)CCSC)C(=O)NC(CCCCN)C(=O)O. The Hall–Kier alpha value is -2.38. The maximum absolute atomic E-state index is 13.0. The van der Waals surface area contributed by atoms with Crippen LogP contribution in [0.3, 0.4) is 0 Å². The number of nitrogens with two attached hydrogens (primary N) is 2. The van der Waals surface area contributed by atoms with Gasteiger partial charge in [0.05, 0.1) is 6.04 Å². The van der Waals surface area contributed by atoms with Crippen molar-refractivity contribution in [3.05, 3.63) is 0 Å². The fourth-order valence-electron chi connectivity index (χ4n) is 3.16. The van der Waals surface area contributed by atoms with Crippen molar-refractivity contribution in [3.8, 4) is 0 Å². The van der Waals surface area contributed by atoms with E-state index in [0.717, 1.165) is 0 Å². The number of rotatable bonds is 19. The fraction of sp³-hybridized carbons (Fsp3) is 0.773. The molecule has 0 spiro atoms. The quantitative estimate of drug-likeness (QED) is 0.110. The highest BCUT2D eigenvalue weighted by Crippen LogP contribution is 2.11. The standard InChI is InChI=1S/C22H41N5O7S/c1-4-13(2)18(21(32)26-16(22(33)34)7-5-6-11-23)27-20(31)15(8-9-17(28)29)25-19(30)14(24)10-12-35-3/h13-16,18H,4-12,23-24H2,1-3H3,(H,25,30)(H,26,32)(H,27,31)(H,28,29)(H,33,34). The smallest absolute Gasteiger partial charge is 0.326 e. The Morgan fingerprint density at radius 2 is 1.51 bits per heavy atom. The Labute approximate surface area is 210 Å². The van der Waals surface area contributed by atoms with Crippen LogP contribution in [-0.2, 0) is 24.0 Å². The fourth-order valence-corrected chi connectivity index (χ4v) is 3.65. The zero-order chi connectivity index (χ0) is 27.0. The first-order valence-electron chi connectivity index (χ1n) is 11.8. The molecule has 35 heavy (non-hydrogen) atoms. The molecule has 5 atom stereocenters. The molecule has 0 saturated carbocycles. The van der Waals surface area contributed by atoms with Gasteiger partial charge in [-0.25, -0.2) is 4.79 Å². The van der Waals surface area contributed by atoms with Gasteiger partial charge >= 0.3 is 11.9 Å². The second kappa shape index (κ2) is 18.0. The first-order valence-corrected chi connectivity index (χ1v) is 13.2. The summed E-state index contributed by atoms with van der Waals surface area (Å²) >= 11 is 1.51. The number of unbranched alkanes of at least 4 members (excludes halogenated alkanes) is 1. The number of carbonyl (C=O) groups excluding carboxylic acids is 3.